The van der Waals surface area contributed by atoms with E-state index in [1.54, 1.807) is 24.4 Å². The Morgan fingerprint density at radius 1 is 1.47 bits per heavy atom. The molecule has 1 atom stereocenters. The maximum atomic E-state index is 11.2. The highest BCUT2D eigenvalue weighted by molar-refractivity contribution is 7.13. The first-order valence-corrected chi connectivity index (χ1v) is 6.39. The minimum atomic E-state index is -1.23. The van der Waals surface area contributed by atoms with Crippen LogP contribution in [0.25, 0.3) is 10.6 Å². The lowest BCUT2D eigenvalue weighted by Crippen LogP contribution is -2.20. The predicted octanol–water partition coefficient (Wildman–Crippen LogP) is 1.74. The molecule has 2 aromatic rings. The summed E-state index contributed by atoms with van der Waals surface area (Å²) in [5.41, 5.74) is -0.00102. The molecule has 1 unspecified atom stereocenters. The molecule has 100 valence electrons. The number of hydrogen-bond donors (Lipinski definition) is 2. The quantitative estimate of drug-likeness (QED) is 0.864. The molecule has 2 heterocycles. The zero-order chi connectivity index (χ0) is 14.0. The number of thiophene rings is 1. The van der Waals surface area contributed by atoms with E-state index in [2.05, 4.69) is 10.3 Å². The molecule has 0 aliphatic rings. The van der Waals surface area contributed by atoms with Gasteiger partial charge in [0.2, 0.25) is 0 Å². The van der Waals surface area contributed by atoms with Crippen molar-refractivity contribution in [3.63, 3.8) is 0 Å². The summed E-state index contributed by atoms with van der Waals surface area (Å²) in [7, 11) is 0. The Morgan fingerprint density at radius 3 is 2.68 bits per heavy atom. The minimum Gasteiger partial charge on any atom is -0.480 e. The molecule has 2 aromatic heterocycles. The normalized spacial score (nSPS) is 12.3. The molecule has 0 saturated heterocycles. The number of carboxylic acid groups (broad SMARTS) is 2. The number of aliphatic carboxylic acids is 1. The third-order valence-corrected chi connectivity index (χ3v) is 3.50. The Morgan fingerprint density at radius 2 is 2.21 bits per heavy atom. The van der Waals surface area contributed by atoms with Gasteiger partial charge in [-0.3, -0.25) is 0 Å². The van der Waals surface area contributed by atoms with Crippen LogP contribution in [0.4, 0.5) is 0 Å². The molecule has 19 heavy (non-hydrogen) atoms. The fraction of sp³-hybridized carbons (Fsp3) is 0.273. The zero-order valence-corrected chi connectivity index (χ0v) is 10.8. The van der Waals surface area contributed by atoms with E-state index in [1.165, 1.54) is 11.3 Å². The molecule has 0 spiro atoms. The molecule has 0 aliphatic heterocycles. The van der Waals surface area contributed by atoms with Gasteiger partial charge in [-0.15, -0.1) is 16.4 Å². The van der Waals surface area contributed by atoms with Crippen LogP contribution in [0.5, 0.6) is 0 Å². The van der Waals surface area contributed by atoms with E-state index in [1.807, 2.05) is 0 Å². The molecular formula is C11H11N3O4S. The van der Waals surface area contributed by atoms with E-state index in [0.717, 1.165) is 4.68 Å². The van der Waals surface area contributed by atoms with Crippen LogP contribution in [0.3, 0.4) is 0 Å². The maximum Gasteiger partial charge on any atom is 0.358 e. The molecule has 0 radical (unpaired) electrons. The van der Waals surface area contributed by atoms with Crippen molar-refractivity contribution in [2.24, 2.45) is 0 Å². The van der Waals surface area contributed by atoms with Gasteiger partial charge < -0.3 is 10.2 Å². The number of carbonyl (C=O) groups is 2. The number of aromatic nitrogens is 3. The van der Waals surface area contributed by atoms with E-state index in [4.69, 9.17) is 10.2 Å². The van der Waals surface area contributed by atoms with E-state index in [0.29, 0.717) is 4.88 Å². The highest BCUT2D eigenvalue weighted by Gasteiger charge is 2.28. The molecule has 0 bridgehead atoms. The average Bonchev–Trinajstić information content (AvgIpc) is 2.96. The summed E-state index contributed by atoms with van der Waals surface area (Å²) in [6, 6.07) is 2.53. The first kappa shape index (κ1) is 13.2. The third-order valence-electron chi connectivity index (χ3n) is 2.62. The first-order chi connectivity index (χ1) is 9.06. The van der Waals surface area contributed by atoms with Crippen LogP contribution in [-0.2, 0) is 4.79 Å². The lowest BCUT2D eigenvalue weighted by molar-refractivity contribution is -0.141. The van der Waals surface area contributed by atoms with Gasteiger partial charge in [-0.2, -0.15) is 0 Å². The summed E-state index contributed by atoms with van der Waals surface area (Å²) in [4.78, 5) is 23.0. The van der Waals surface area contributed by atoms with Crippen LogP contribution in [-0.4, -0.2) is 37.1 Å². The summed E-state index contributed by atoms with van der Waals surface area (Å²) in [5.74, 6) is -2.29. The van der Waals surface area contributed by atoms with Crippen LogP contribution in [0.1, 0.15) is 29.9 Å². The van der Waals surface area contributed by atoms with Crippen molar-refractivity contribution in [3.05, 3.63) is 23.2 Å². The van der Waals surface area contributed by atoms with E-state index < -0.39 is 18.0 Å². The van der Waals surface area contributed by atoms with Crippen molar-refractivity contribution < 1.29 is 19.8 Å². The second kappa shape index (κ2) is 5.19. The molecule has 2 N–H and O–H groups in total. The summed E-state index contributed by atoms with van der Waals surface area (Å²) in [6.07, 6.45) is 0.288. The SMILES string of the molecule is CCC(C(=O)O)n1nnc(C(=O)O)c1-c1cccs1. The highest BCUT2D eigenvalue weighted by atomic mass is 32.1. The number of rotatable bonds is 5. The van der Waals surface area contributed by atoms with Gasteiger partial charge >= 0.3 is 11.9 Å². The molecule has 0 aliphatic carbocycles. The Labute approximate surface area is 112 Å². The van der Waals surface area contributed by atoms with Gasteiger partial charge in [-0.05, 0) is 17.9 Å². The van der Waals surface area contributed by atoms with Gasteiger partial charge in [0.05, 0.1) is 4.88 Å². The Balaban J connectivity index is 2.63. The predicted molar refractivity (Wildman–Crippen MR) is 67.3 cm³/mol. The molecular weight excluding hydrogens is 270 g/mol. The van der Waals surface area contributed by atoms with Crippen LogP contribution < -0.4 is 0 Å². The molecule has 8 heteroatoms. The van der Waals surface area contributed by atoms with Crippen LogP contribution >= 0.6 is 11.3 Å². The Bertz CT molecular complexity index is 605. The molecule has 7 nitrogen and oxygen atoms in total. The second-order valence-corrected chi connectivity index (χ2v) is 4.72. The van der Waals surface area contributed by atoms with Crippen molar-refractivity contribution in [1.82, 2.24) is 15.0 Å². The van der Waals surface area contributed by atoms with Crippen molar-refractivity contribution >= 4 is 23.3 Å². The van der Waals surface area contributed by atoms with E-state index in [9.17, 15) is 9.59 Å². The number of carboxylic acids is 2. The molecule has 0 amide bonds. The fourth-order valence-corrected chi connectivity index (χ4v) is 2.51. The lowest BCUT2D eigenvalue weighted by atomic mass is 10.2. The topological polar surface area (TPSA) is 105 Å². The summed E-state index contributed by atoms with van der Waals surface area (Å²) in [6.45, 7) is 1.69. The van der Waals surface area contributed by atoms with Gasteiger partial charge in [-0.1, -0.05) is 18.2 Å². The zero-order valence-electron chi connectivity index (χ0n) is 9.98. The first-order valence-electron chi connectivity index (χ1n) is 5.51. The third kappa shape index (κ3) is 2.34. The maximum absolute atomic E-state index is 11.2. The van der Waals surface area contributed by atoms with Crippen molar-refractivity contribution in [3.8, 4) is 10.6 Å². The van der Waals surface area contributed by atoms with Crippen LogP contribution in [0.15, 0.2) is 17.5 Å². The largest absolute Gasteiger partial charge is 0.480 e. The van der Waals surface area contributed by atoms with Crippen LogP contribution in [0.2, 0.25) is 0 Å². The second-order valence-electron chi connectivity index (χ2n) is 3.78. The van der Waals surface area contributed by atoms with Crippen LogP contribution in [0, 0.1) is 0 Å². The van der Waals surface area contributed by atoms with Gasteiger partial charge in [-0.25, -0.2) is 14.3 Å². The van der Waals surface area contributed by atoms with E-state index in [-0.39, 0.29) is 17.8 Å². The average molecular weight is 281 g/mol. The number of aromatic carboxylic acids is 1. The summed E-state index contributed by atoms with van der Waals surface area (Å²) >= 11 is 1.31. The Kier molecular flexibility index (Phi) is 3.61. The van der Waals surface area contributed by atoms with E-state index >= 15 is 0 Å². The molecule has 0 fully saturated rings. The standard InChI is InChI=1S/C11H11N3O4S/c1-2-6(10(15)16)14-9(7-4-3-5-19-7)8(11(17)18)12-13-14/h3-6H,2H2,1H3,(H,15,16)(H,17,18). The molecule has 0 saturated carbocycles. The lowest BCUT2D eigenvalue weighted by Gasteiger charge is -2.12. The number of nitrogens with zero attached hydrogens (tertiary/aromatic N) is 3. The minimum absolute atomic E-state index is 0.233. The molecule has 2 rings (SSSR count). The molecule has 0 aromatic carbocycles. The smallest absolute Gasteiger partial charge is 0.358 e. The van der Waals surface area contributed by atoms with Gasteiger partial charge in [0.1, 0.15) is 5.69 Å². The Hall–Kier alpha value is -2.22. The highest BCUT2D eigenvalue weighted by Crippen LogP contribution is 2.30. The van der Waals surface area contributed by atoms with Gasteiger partial charge in [0.15, 0.2) is 11.7 Å². The van der Waals surface area contributed by atoms with Gasteiger partial charge in [0.25, 0.3) is 0 Å². The van der Waals surface area contributed by atoms with Crippen molar-refractivity contribution in [2.45, 2.75) is 19.4 Å². The number of hydrogen-bond acceptors (Lipinski definition) is 5. The summed E-state index contributed by atoms with van der Waals surface area (Å²) < 4.78 is 1.16. The van der Waals surface area contributed by atoms with Crippen molar-refractivity contribution in [2.75, 3.05) is 0 Å². The summed E-state index contributed by atoms with van der Waals surface area (Å²) in [5, 5.41) is 27.3. The fourth-order valence-electron chi connectivity index (χ4n) is 1.75. The van der Waals surface area contributed by atoms with Crippen molar-refractivity contribution in [1.29, 1.82) is 0 Å². The van der Waals surface area contributed by atoms with Gasteiger partial charge in [0, 0.05) is 0 Å². The monoisotopic (exact) mass is 281 g/mol.